The van der Waals surface area contributed by atoms with Gasteiger partial charge in [-0.1, -0.05) is 33.6 Å². The first-order valence-corrected chi connectivity index (χ1v) is 10.2. The third-order valence-electron chi connectivity index (χ3n) is 4.11. The van der Waals surface area contributed by atoms with Gasteiger partial charge in [-0.3, -0.25) is 4.79 Å². The number of halogens is 1. The molecule has 4 N–H and O–H groups in total. The van der Waals surface area contributed by atoms with Crippen molar-refractivity contribution in [3.8, 4) is 11.5 Å². The summed E-state index contributed by atoms with van der Waals surface area (Å²) in [5.74, 6) is 0.812. The number of hydrogen-bond acceptors (Lipinski definition) is 6. The van der Waals surface area contributed by atoms with Gasteiger partial charge in [0.05, 0.1) is 13.7 Å². The van der Waals surface area contributed by atoms with Crippen molar-refractivity contribution < 1.29 is 19.4 Å². The molecule has 0 aliphatic rings. The average Bonchev–Trinajstić information content (AvgIpc) is 2.71. The fourth-order valence-electron chi connectivity index (χ4n) is 2.57. The quantitative estimate of drug-likeness (QED) is 0.360. The minimum Gasteiger partial charge on any atom is -0.493 e. The molecule has 8 heteroatoms. The fraction of sp³-hybridized carbons (Fsp3) is 0.381. The summed E-state index contributed by atoms with van der Waals surface area (Å²) in [4.78, 5) is 12.2. The van der Waals surface area contributed by atoms with E-state index >= 15 is 0 Å². The van der Waals surface area contributed by atoms with E-state index in [0.717, 1.165) is 34.4 Å². The Balaban J connectivity index is 1.88. The van der Waals surface area contributed by atoms with Crippen LogP contribution in [-0.2, 0) is 11.3 Å². The highest BCUT2D eigenvalue weighted by Gasteiger charge is 2.12. The number of aliphatic hydroxyl groups is 1. The Morgan fingerprint density at radius 3 is 2.48 bits per heavy atom. The number of carbonyl (C=O) groups excluding carboxylic acids is 1. The van der Waals surface area contributed by atoms with Crippen molar-refractivity contribution >= 4 is 27.5 Å². The van der Waals surface area contributed by atoms with Crippen LogP contribution < -0.4 is 25.4 Å². The first-order valence-electron chi connectivity index (χ1n) is 9.41. The topological polar surface area (TPSA) is 91.8 Å². The van der Waals surface area contributed by atoms with Crippen molar-refractivity contribution in [1.29, 1.82) is 0 Å². The lowest BCUT2D eigenvalue weighted by atomic mass is 10.2. The monoisotopic (exact) mass is 465 g/mol. The second-order valence-electron chi connectivity index (χ2n) is 6.45. The van der Waals surface area contributed by atoms with Gasteiger partial charge in [0.2, 0.25) is 0 Å². The SMILES string of the molecule is COc1cc(CNCCNCCO)c(Br)cc1OCC(=O)Nc1ccc(C)cc1. The van der Waals surface area contributed by atoms with Gasteiger partial charge in [-0.25, -0.2) is 0 Å². The Bertz CT molecular complexity index is 784. The molecule has 1 amide bonds. The maximum Gasteiger partial charge on any atom is 0.262 e. The molecule has 0 aromatic heterocycles. The highest BCUT2D eigenvalue weighted by Crippen LogP contribution is 2.33. The van der Waals surface area contributed by atoms with Crippen LogP contribution in [-0.4, -0.2) is 51.0 Å². The molecule has 158 valence electrons. The van der Waals surface area contributed by atoms with Crippen molar-refractivity contribution in [2.75, 3.05) is 45.3 Å². The molecule has 0 bridgehead atoms. The Morgan fingerprint density at radius 1 is 1.07 bits per heavy atom. The van der Waals surface area contributed by atoms with Crippen LogP contribution in [0.3, 0.4) is 0 Å². The predicted octanol–water partition coefficient (Wildman–Crippen LogP) is 2.46. The van der Waals surface area contributed by atoms with E-state index in [2.05, 4.69) is 31.9 Å². The predicted molar refractivity (Wildman–Crippen MR) is 118 cm³/mol. The summed E-state index contributed by atoms with van der Waals surface area (Å²) >= 11 is 3.55. The molecular formula is C21H28BrN3O4. The number of methoxy groups -OCH3 is 1. The first kappa shape index (κ1) is 23.2. The van der Waals surface area contributed by atoms with E-state index < -0.39 is 0 Å². The summed E-state index contributed by atoms with van der Waals surface area (Å²) in [7, 11) is 1.57. The second-order valence-corrected chi connectivity index (χ2v) is 7.30. The van der Waals surface area contributed by atoms with Crippen molar-refractivity contribution in [2.45, 2.75) is 13.5 Å². The van der Waals surface area contributed by atoms with Crippen LogP contribution in [0.2, 0.25) is 0 Å². The van der Waals surface area contributed by atoms with E-state index in [9.17, 15) is 4.79 Å². The number of rotatable bonds is 12. The molecule has 0 heterocycles. The molecular weight excluding hydrogens is 438 g/mol. The molecule has 0 aliphatic heterocycles. The third kappa shape index (κ3) is 8.02. The van der Waals surface area contributed by atoms with Gasteiger partial charge in [-0.15, -0.1) is 0 Å². The molecule has 7 nitrogen and oxygen atoms in total. The molecule has 0 fully saturated rings. The summed E-state index contributed by atoms with van der Waals surface area (Å²) < 4.78 is 12.0. The molecule has 0 radical (unpaired) electrons. The summed E-state index contributed by atoms with van der Waals surface area (Å²) in [5, 5.41) is 18.0. The highest BCUT2D eigenvalue weighted by atomic mass is 79.9. The molecule has 0 aliphatic carbocycles. The third-order valence-corrected chi connectivity index (χ3v) is 4.85. The molecule has 0 spiro atoms. The van der Waals surface area contributed by atoms with Crippen molar-refractivity contribution in [1.82, 2.24) is 10.6 Å². The van der Waals surface area contributed by atoms with E-state index in [1.54, 1.807) is 13.2 Å². The van der Waals surface area contributed by atoms with Gasteiger partial charge in [0.15, 0.2) is 18.1 Å². The summed E-state index contributed by atoms with van der Waals surface area (Å²) in [6.45, 7) is 4.78. The summed E-state index contributed by atoms with van der Waals surface area (Å²) in [6.07, 6.45) is 0. The maximum absolute atomic E-state index is 12.2. The van der Waals surface area contributed by atoms with E-state index in [0.29, 0.717) is 24.6 Å². The minimum atomic E-state index is -0.242. The highest BCUT2D eigenvalue weighted by molar-refractivity contribution is 9.10. The van der Waals surface area contributed by atoms with Crippen molar-refractivity contribution in [3.05, 3.63) is 52.0 Å². The van der Waals surface area contributed by atoms with Gasteiger partial charge < -0.3 is 30.5 Å². The number of aryl methyl sites for hydroxylation is 1. The zero-order valence-corrected chi connectivity index (χ0v) is 18.3. The molecule has 0 saturated heterocycles. The lowest BCUT2D eigenvalue weighted by Gasteiger charge is -2.14. The van der Waals surface area contributed by atoms with Gasteiger partial charge in [0.1, 0.15) is 0 Å². The largest absolute Gasteiger partial charge is 0.493 e. The van der Waals surface area contributed by atoms with Crippen LogP contribution in [0, 0.1) is 6.92 Å². The number of hydrogen-bond donors (Lipinski definition) is 4. The molecule has 2 aromatic carbocycles. The van der Waals surface area contributed by atoms with Crippen LogP contribution in [0.1, 0.15) is 11.1 Å². The molecule has 0 saturated carbocycles. The van der Waals surface area contributed by atoms with Gasteiger partial charge in [-0.2, -0.15) is 0 Å². The number of benzene rings is 2. The average molecular weight is 466 g/mol. The van der Waals surface area contributed by atoms with Gasteiger partial charge in [0, 0.05) is 36.3 Å². The summed E-state index contributed by atoms with van der Waals surface area (Å²) in [6, 6.07) is 11.3. The molecule has 29 heavy (non-hydrogen) atoms. The fourth-order valence-corrected chi connectivity index (χ4v) is 3.03. The smallest absolute Gasteiger partial charge is 0.262 e. The maximum atomic E-state index is 12.2. The first-order chi connectivity index (χ1) is 14.0. The zero-order valence-electron chi connectivity index (χ0n) is 16.8. The van der Waals surface area contributed by atoms with Crippen LogP contribution in [0.4, 0.5) is 5.69 Å². The molecule has 2 rings (SSSR count). The Morgan fingerprint density at radius 2 is 1.79 bits per heavy atom. The number of nitrogens with one attached hydrogen (secondary N) is 3. The normalized spacial score (nSPS) is 10.6. The number of amides is 1. The van der Waals surface area contributed by atoms with Crippen LogP contribution in [0.5, 0.6) is 11.5 Å². The summed E-state index contributed by atoms with van der Waals surface area (Å²) in [5.41, 5.74) is 2.87. The molecule has 2 aromatic rings. The van der Waals surface area contributed by atoms with E-state index in [1.165, 1.54) is 0 Å². The molecule has 0 unspecified atom stereocenters. The van der Waals surface area contributed by atoms with Crippen LogP contribution in [0.25, 0.3) is 0 Å². The van der Waals surface area contributed by atoms with E-state index in [-0.39, 0.29) is 19.1 Å². The lowest BCUT2D eigenvalue weighted by molar-refractivity contribution is -0.118. The zero-order chi connectivity index (χ0) is 21.1. The van der Waals surface area contributed by atoms with E-state index in [1.807, 2.05) is 37.3 Å². The number of anilines is 1. The van der Waals surface area contributed by atoms with Crippen molar-refractivity contribution in [2.24, 2.45) is 0 Å². The standard InChI is InChI=1S/C21H28BrN3O4/c1-15-3-5-17(6-4-15)25-21(27)14-29-20-12-18(22)16(11-19(20)28-2)13-24-8-7-23-9-10-26/h3-6,11-12,23-24,26H,7-10,13-14H2,1-2H3,(H,25,27). The number of ether oxygens (including phenoxy) is 2. The van der Waals surface area contributed by atoms with Crippen LogP contribution in [0.15, 0.2) is 40.9 Å². The van der Waals surface area contributed by atoms with Crippen molar-refractivity contribution in [3.63, 3.8) is 0 Å². The molecule has 0 atom stereocenters. The van der Waals surface area contributed by atoms with Gasteiger partial charge >= 0.3 is 0 Å². The van der Waals surface area contributed by atoms with Gasteiger partial charge in [0.25, 0.3) is 5.91 Å². The number of carbonyl (C=O) groups is 1. The lowest BCUT2D eigenvalue weighted by Crippen LogP contribution is -2.28. The Hall–Kier alpha value is -2.13. The Labute approximate surface area is 179 Å². The van der Waals surface area contributed by atoms with Crippen LogP contribution >= 0.6 is 15.9 Å². The van der Waals surface area contributed by atoms with E-state index in [4.69, 9.17) is 14.6 Å². The number of aliphatic hydroxyl groups excluding tert-OH is 1. The van der Waals surface area contributed by atoms with Gasteiger partial charge in [-0.05, 0) is 36.8 Å². The Kier molecular flexibility index (Phi) is 9.93. The second kappa shape index (κ2) is 12.4. The minimum absolute atomic E-state index is 0.120.